The van der Waals surface area contributed by atoms with Crippen LogP contribution in [-0.4, -0.2) is 81.3 Å². The van der Waals surface area contributed by atoms with E-state index in [0.717, 1.165) is 37.2 Å². The van der Waals surface area contributed by atoms with Crippen LogP contribution in [0.15, 0.2) is 53.4 Å². The number of benzene rings is 2. The van der Waals surface area contributed by atoms with Gasteiger partial charge in [-0.15, -0.1) is 11.8 Å². The Labute approximate surface area is 221 Å². The van der Waals surface area contributed by atoms with Gasteiger partial charge in [0.25, 0.3) is 5.91 Å². The molecule has 4 heterocycles. The fourth-order valence-electron chi connectivity index (χ4n) is 5.70. The zero-order valence-electron chi connectivity index (χ0n) is 20.5. The molecule has 0 aromatic heterocycles. The molecule has 4 aliphatic heterocycles. The molecule has 4 aliphatic rings. The maximum absolute atomic E-state index is 14.2. The van der Waals surface area contributed by atoms with Gasteiger partial charge < -0.3 is 4.74 Å². The molecule has 3 saturated heterocycles. The van der Waals surface area contributed by atoms with Crippen LogP contribution >= 0.6 is 11.8 Å². The number of anilines is 2. The van der Waals surface area contributed by atoms with Gasteiger partial charge in [0, 0.05) is 24.3 Å². The number of para-hydroxylation sites is 1. The predicted octanol–water partition coefficient (Wildman–Crippen LogP) is 2.43. The molecule has 2 aromatic rings. The summed E-state index contributed by atoms with van der Waals surface area (Å²) in [6.45, 7) is 3.77. The van der Waals surface area contributed by atoms with E-state index in [1.165, 1.54) is 34.6 Å². The van der Waals surface area contributed by atoms with E-state index in [2.05, 4.69) is 4.90 Å². The third-order valence-corrected chi connectivity index (χ3v) is 10.9. The summed E-state index contributed by atoms with van der Waals surface area (Å²) in [5.41, 5.74) is 2.15. The number of piperidine rings is 1. The van der Waals surface area contributed by atoms with Crippen molar-refractivity contribution in [2.24, 2.45) is 0 Å². The van der Waals surface area contributed by atoms with E-state index >= 15 is 0 Å². The number of amides is 2. The SMILES string of the molecule is O=C1CSC2(C(=O)N(CN3CCCCC3)c3ccccc32)N1c1ccc(S(=O)(=O)N2CCOCC2)cc1. The van der Waals surface area contributed by atoms with E-state index < -0.39 is 14.9 Å². The Morgan fingerprint density at radius 3 is 2.32 bits per heavy atom. The maximum atomic E-state index is 14.2. The van der Waals surface area contributed by atoms with E-state index in [4.69, 9.17) is 4.74 Å². The molecule has 0 aliphatic carbocycles. The van der Waals surface area contributed by atoms with Crippen molar-refractivity contribution in [2.75, 3.05) is 61.6 Å². The average molecular weight is 543 g/mol. The number of nitrogens with zero attached hydrogens (tertiary/aromatic N) is 4. The van der Waals surface area contributed by atoms with Gasteiger partial charge in [0.05, 0.1) is 36.2 Å². The fraction of sp³-hybridized carbons (Fsp3) is 0.462. The summed E-state index contributed by atoms with van der Waals surface area (Å²) < 4.78 is 32.9. The molecule has 37 heavy (non-hydrogen) atoms. The highest BCUT2D eigenvalue weighted by molar-refractivity contribution is 8.02. The van der Waals surface area contributed by atoms with Crippen LogP contribution < -0.4 is 9.80 Å². The first kappa shape index (κ1) is 24.9. The van der Waals surface area contributed by atoms with Crippen LogP contribution in [0.2, 0.25) is 0 Å². The second kappa shape index (κ2) is 9.70. The Bertz CT molecular complexity index is 1310. The first-order chi connectivity index (χ1) is 17.9. The van der Waals surface area contributed by atoms with E-state index in [1.54, 1.807) is 17.0 Å². The third-order valence-electron chi connectivity index (χ3n) is 7.56. The smallest absolute Gasteiger partial charge is 0.269 e. The lowest BCUT2D eigenvalue weighted by atomic mass is 10.0. The molecule has 2 aromatic carbocycles. The molecule has 2 amide bonds. The monoisotopic (exact) mass is 542 g/mol. The van der Waals surface area contributed by atoms with Gasteiger partial charge in [-0.2, -0.15) is 4.31 Å². The van der Waals surface area contributed by atoms with Crippen LogP contribution in [0.1, 0.15) is 24.8 Å². The summed E-state index contributed by atoms with van der Waals surface area (Å²) in [7, 11) is -3.66. The lowest BCUT2D eigenvalue weighted by Gasteiger charge is -2.35. The van der Waals surface area contributed by atoms with Crippen LogP contribution in [0.25, 0.3) is 0 Å². The topological polar surface area (TPSA) is 90.5 Å². The van der Waals surface area contributed by atoms with Gasteiger partial charge in [-0.05, 0) is 56.3 Å². The molecule has 0 radical (unpaired) electrons. The minimum absolute atomic E-state index is 0.125. The maximum Gasteiger partial charge on any atom is 0.269 e. The second-order valence-electron chi connectivity index (χ2n) is 9.74. The average Bonchev–Trinajstić information content (AvgIpc) is 3.40. The zero-order chi connectivity index (χ0) is 25.6. The van der Waals surface area contributed by atoms with E-state index in [-0.39, 0.29) is 22.5 Å². The van der Waals surface area contributed by atoms with Gasteiger partial charge in [-0.1, -0.05) is 24.6 Å². The number of carbonyl (C=O) groups is 2. The number of carbonyl (C=O) groups excluding carboxylic acids is 2. The van der Waals surface area contributed by atoms with Gasteiger partial charge in [-0.25, -0.2) is 8.42 Å². The summed E-state index contributed by atoms with van der Waals surface area (Å²) in [5.74, 6) is -0.122. The quantitative estimate of drug-likeness (QED) is 0.573. The molecule has 3 fully saturated rings. The van der Waals surface area contributed by atoms with Crippen molar-refractivity contribution >= 4 is 45.0 Å². The lowest BCUT2D eigenvalue weighted by molar-refractivity contribution is -0.124. The summed E-state index contributed by atoms with van der Waals surface area (Å²) in [6.07, 6.45) is 3.45. The summed E-state index contributed by atoms with van der Waals surface area (Å²) in [5, 5.41) is 0. The van der Waals surface area contributed by atoms with Crippen LogP contribution in [0.3, 0.4) is 0 Å². The summed E-state index contributed by atoms with van der Waals surface area (Å²) in [6, 6.07) is 14.0. The highest BCUT2D eigenvalue weighted by Crippen LogP contribution is 2.55. The predicted molar refractivity (Wildman–Crippen MR) is 142 cm³/mol. The van der Waals surface area contributed by atoms with Gasteiger partial charge in [0.2, 0.25) is 20.8 Å². The van der Waals surface area contributed by atoms with Crippen molar-refractivity contribution in [2.45, 2.75) is 29.0 Å². The van der Waals surface area contributed by atoms with Crippen molar-refractivity contribution in [3.8, 4) is 0 Å². The molecule has 1 atom stereocenters. The number of ether oxygens (including phenoxy) is 1. The Morgan fingerprint density at radius 1 is 0.892 bits per heavy atom. The normalized spacial score (nSPS) is 25.3. The van der Waals surface area contributed by atoms with E-state index in [9.17, 15) is 18.0 Å². The van der Waals surface area contributed by atoms with Gasteiger partial charge in [0.15, 0.2) is 0 Å². The Kier molecular flexibility index (Phi) is 6.52. The third kappa shape index (κ3) is 4.08. The van der Waals surface area contributed by atoms with Crippen LogP contribution in [0, 0.1) is 0 Å². The molecule has 1 spiro atoms. The van der Waals surface area contributed by atoms with Crippen molar-refractivity contribution < 1.29 is 22.7 Å². The Morgan fingerprint density at radius 2 is 1.59 bits per heavy atom. The van der Waals surface area contributed by atoms with Crippen molar-refractivity contribution in [3.63, 3.8) is 0 Å². The number of rotatable bonds is 5. The number of likely N-dealkylation sites (tertiary alicyclic amines) is 1. The number of sulfonamides is 1. The van der Waals surface area contributed by atoms with Crippen molar-refractivity contribution in [1.29, 1.82) is 0 Å². The molecular weight excluding hydrogens is 512 g/mol. The number of thioether (sulfide) groups is 1. The van der Waals surface area contributed by atoms with Crippen LogP contribution in [0.4, 0.5) is 11.4 Å². The fourth-order valence-corrected chi connectivity index (χ4v) is 8.47. The molecule has 1 unspecified atom stereocenters. The zero-order valence-corrected chi connectivity index (χ0v) is 22.2. The highest BCUT2D eigenvalue weighted by Gasteiger charge is 2.61. The molecule has 0 bridgehead atoms. The van der Waals surface area contributed by atoms with E-state index in [0.29, 0.717) is 38.7 Å². The van der Waals surface area contributed by atoms with Crippen molar-refractivity contribution in [3.05, 3.63) is 54.1 Å². The lowest BCUT2D eigenvalue weighted by Crippen LogP contribution is -2.52. The van der Waals surface area contributed by atoms with Gasteiger partial charge in [0.1, 0.15) is 0 Å². The van der Waals surface area contributed by atoms with Crippen molar-refractivity contribution in [1.82, 2.24) is 9.21 Å². The number of hydrogen-bond acceptors (Lipinski definition) is 7. The molecule has 6 rings (SSSR count). The molecule has 11 heteroatoms. The minimum atomic E-state index is -3.66. The molecule has 0 saturated carbocycles. The van der Waals surface area contributed by atoms with E-state index in [1.807, 2.05) is 29.2 Å². The molecule has 9 nitrogen and oxygen atoms in total. The number of fused-ring (bicyclic) bond motifs is 2. The Balaban J connectivity index is 1.35. The van der Waals surface area contributed by atoms with Gasteiger partial charge in [-0.3, -0.25) is 24.3 Å². The van der Waals surface area contributed by atoms with Crippen LogP contribution in [0.5, 0.6) is 0 Å². The Hall–Kier alpha value is -2.44. The first-order valence-electron chi connectivity index (χ1n) is 12.7. The number of hydrogen-bond donors (Lipinski definition) is 0. The van der Waals surface area contributed by atoms with Crippen LogP contribution in [-0.2, 0) is 29.2 Å². The molecule has 196 valence electrons. The highest BCUT2D eigenvalue weighted by atomic mass is 32.2. The summed E-state index contributed by atoms with van der Waals surface area (Å²) in [4.78, 5) is 32.1. The van der Waals surface area contributed by atoms with Gasteiger partial charge >= 0.3 is 0 Å². The minimum Gasteiger partial charge on any atom is -0.379 e. The second-order valence-corrected chi connectivity index (χ2v) is 12.8. The first-order valence-corrected chi connectivity index (χ1v) is 15.1. The molecular formula is C26H30N4O5S2. The summed E-state index contributed by atoms with van der Waals surface area (Å²) >= 11 is 1.34. The largest absolute Gasteiger partial charge is 0.379 e. The molecule has 0 N–H and O–H groups in total. The standard InChI is InChI=1S/C26H30N4O5S2/c31-24-18-36-26(22-6-2-3-7-23(22)29(25(26)32)19-27-12-4-1-5-13-27)30(24)20-8-10-21(11-9-20)37(33,34)28-14-16-35-17-15-28/h2-3,6-11H,1,4-5,12-19H2. The number of morpholine rings is 1.